The van der Waals surface area contributed by atoms with E-state index in [1.165, 1.54) is 6.07 Å². The fraction of sp³-hybridized carbons (Fsp3) is 0.231. The average Bonchev–Trinajstić information content (AvgIpc) is 2.36. The van der Waals surface area contributed by atoms with Crippen molar-refractivity contribution in [2.45, 2.75) is 12.8 Å². The Kier molecular flexibility index (Phi) is 3.44. The zero-order chi connectivity index (χ0) is 12.3. The number of hydrogen-bond acceptors (Lipinski definition) is 3. The van der Waals surface area contributed by atoms with E-state index in [2.05, 4.69) is 9.97 Å². The van der Waals surface area contributed by atoms with Crippen LogP contribution < -0.4 is 5.73 Å². The summed E-state index contributed by atoms with van der Waals surface area (Å²) in [7, 11) is 0. The van der Waals surface area contributed by atoms with E-state index in [0.29, 0.717) is 12.1 Å². The van der Waals surface area contributed by atoms with Gasteiger partial charge in [-0.1, -0.05) is 12.1 Å². The molecule has 4 heteroatoms. The molecule has 1 atom stereocenters. The minimum absolute atomic E-state index is 0.0389. The van der Waals surface area contributed by atoms with Gasteiger partial charge in [-0.05, 0) is 24.1 Å². The van der Waals surface area contributed by atoms with Crippen LogP contribution in [0, 0.1) is 12.7 Å². The Morgan fingerprint density at radius 1 is 1.35 bits per heavy atom. The molecule has 2 aromatic rings. The van der Waals surface area contributed by atoms with E-state index < -0.39 is 0 Å². The van der Waals surface area contributed by atoms with Gasteiger partial charge in [0, 0.05) is 31.1 Å². The van der Waals surface area contributed by atoms with Crippen LogP contribution in [-0.2, 0) is 0 Å². The van der Waals surface area contributed by atoms with Gasteiger partial charge in [0.2, 0.25) is 0 Å². The second-order valence-electron chi connectivity index (χ2n) is 3.93. The summed E-state index contributed by atoms with van der Waals surface area (Å²) in [6.07, 6.45) is 4.94. The molecule has 1 heterocycles. The minimum Gasteiger partial charge on any atom is -0.329 e. The molecule has 0 saturated carbocycles. The van der Waals surface area contributed by atoms with Crippen LogP contribution >= 0.6 is 0 Å². The van der Waals surface area contributed by atoms with Crippen LogP contribution in [0.15, 0.2) is 36.8 Å². The molecule has 0 aliphatic carbocycles. The molecule has 0 aliphatic heterocycles. The van der Waals surface area contributed by atoms with Crippen LogP contribution in [0.25, 0.3) is 0 Å². The lowest BCUT2D eigenvalue weighted by Gasteiger charge is -2.14. The normalized spacial score (nSPS) is 12.4. The molecule has 17 heavy (non-hydrogen) atoms. The van der Waals surface area contributed by atoms with Crippen molar-refractivity contribution in [1.82, 2.24) is 9.97 Å². The standard InChI is InChI=1S/C13H14FN3/c1-9-6-10(2-3-12(9)14)11(7-15)13-8-16-4-5-17-13/h2-6,8,11H,7,15H2,1H3. The fourth-order valence-corrected chi connectivity index (χ4v) is 1.80. The Morgan fingerprint density at radius 2 is 2.18 bits per heavy atom. The third-order valence-electron chi connectivity index (χ3n) is 2.76. The van der Waals surface area contributed by atoms with Crippen molar-refractivity contribution < 1.29 is 4.39 Å². The molecule has 0 radical (unpaired) electrons. The molecule has 1 aromatic carbocycles. The van der Waals surface area contributed by atoms with Gasteiger partial charge >= 0.3 is 0 Å². The SMILES string of the molecule is Cc1cc(C(CN)c2cnccn2)ccc1F. The van der Waals surface area contributed by atoms with Crippen molar-refractivity contribution >= 4 is 0 Å². The molecular weight excluding hydrogens is 217 g/mol. The predicted molar refractivity (Wildman–Crippen MR) is 64.1 cm³/mol. The molecule has 0 bridgehead atoms. The second kappa shape index (κ2) is 5.01. The van der Waals surface area contributed by atoms with Gasteiger partial charge in [-0.2, -0.15) is 0 Å². The zero-order valence-electron chi connectivity index (χ0n) is 9.60. The molecular formula is C13H14FN3. The lowest BCUT2D eigenvalue weighted by atomic mass is 9.94. The number of aryl methyl sites for hydroxylation is 1. The lowest BCUT2D eigenvalue weighted by Crippen LogP contribution is -2.15. The number of hydrogen-bond donors (Lipinski definition) is 1. The van der Waals surface area contributed by atoms with E-state index in [-0.39, 0.29) is 11.7 Å². The molecule has 1 unspecified atom stereocenters. The average molecular weight is 231 g/mol. The molecule has 0 saturated heterocycles. The molecule has 88 valence electrons. The largest absolute Gasteiger partial charge is 0.329 e. The third-order valence-corrected chi connectivity index (χ3v) is 2.76. The predicted octanol–water partition coefficient (Wildman–Crippen LogP) is 2.01. The summed E-state index contributed by atoms with van der Waals surface area (Å²) in [5.74, 6) is -0.244. The first-order valence-corrected chi connectivity index (χ1v) is 5.44. The second-order valence-corrected chi connectivity index (χ2v) is 3.93. The van der Waals surface area contributed by atoms with Crippen LogP contribution in [0.4, 0.5) is 4.39 Å². The van der Waals surface area contributed by atoms with Crippen molar-refractivity contribution in [2.75, 3.05) is 6.54 Å². The Hall–Kier alpha value is -1.81. The molecule has 0 spiro atoms. The van der Waals surface area contributed by atoms with Gasteiger partial charge in [0.15, 0.2) is 0 Å². The van der Waals surface area contributed by atoms with Crippen molar-refractivity contribution in [3.05, 3.63) is 59.4 Å². The highest BCUT2D eigenvalue weighted by molar-refractivity contribution is 5.32. The lowest BCUT2D eigenvalue weighted by molar-refractivity contribution is 0.616. The van der Waals surface area contributed by atoms with Crippen LogP contribution in [0.2, 0.25) is 0 Å². The van der Waals surface area contributed by atoms with Crippen molar-refractivity contribution in [3.8, 4) is 0 Å². The Labute approximate surface area is 99.5 Å². The summed E-state index contributed by atoms with van der Waals surface area (Å²) >= 11 is 0. The van der Waals surface area contributed by atoms with Gasteiger partial charge < -0.3 is 5.73 Å². The monoisotopic (exact) mass is 231 g/mol. The third kappa shape index (κ3) is 2.47. The number of aromatic nitrogens is 2. The Balaban J connectivity index is 2.39. The maximum Gasteiger partial charge on any atom is 0.126 e. The Bertz CT molecular complexity index is 499. The van der Waals surface area contributed by atoms with Gasteiger partial charge in [0.25, 0.3) is 0 Å². The molecule has 0 amide bonds. The van der Waals surface area contributed by atoms with Crippen molar-refractivity contribution in [1.29, 1.82) is 0 Å². The number of halogens is 1. The van der Waals surface area contributed by atoms with Crippen LogP contribution in [-0.4, -0.2) is 16.5 Å². The quantitative estimate of drug-likeness (QED) is 0.879. The minimum atomic E-state index is -0.205. The van der Waals surface area contributed by atoms with Crippen LogP contribution in [0.3, 0.4) is 0 Å². The van der Waals surface area contributed by atoms with E-state index >= 15 is 0 Å². The number of nitrogens with two attached hydrogens (primary N) is 1. The van der Waals surface area contributed by atoms with E-state index in [9.17, 15) is 4.39 Å². The summed E-state index contributed by atoms with van der Waals surface area (Å²) in [4.78, 5) is 8.27. The van der Waals surface area contributed by atoms with Gasteiger partial charge in [-0.25, -0.2) is 4.39 Å². The molecule has 2 N–H and O–H groups in total. The number of rotatable bonds is 3. The maximum atomic E-state index is 13.2. The van der Waals surface area contributed by atoms with E-state index in [1.807, 2.05) is 6.07 Å². The van der Waals surface area contributed by atoms with Crippen LogP contribution in [0.1, 0.15) is 22.7 Å². The molecule has 3 nitrogen and oxygen atoms in total. The smallest absolute Gasteiger partial charge is 0.126 e. The molecule has 0 fully saturated rings. The summed E-state index contributed by atoms with van der Waals surface area (Å²) in [5, 5.41) is 0. The highest BCUT2D eigenvalue weighted by atomic mass is 19.1. The topological polar surface area (TPSA) is 51.8 Å². The number of nitrogens with zero attached hydrogens (tertiary/aromatic N) is 2. The van der Waals surface area contributed by atoms with Gasteiger partial charge in [0.1, 0.15) is 5.82 Å². The van der Waals surface area contributed by atoms with Crippen molar-refractivity contribution in [3.63, 3.8) is 0 Å². The highest BCUT2D eigenvalue weighted by Crippen LogP contribution is 2.23. The van der Waals surface area contributed by atoms with Gasteiger partial charge in [0.05, 0.1) is 5.69 Å². The summed E-state index contributed by atoms with van der Waals surface area (Å²) in [6.45, 7) is 2.16. The fourth-order valence-electron chi connectivity index (χ4n) is 1.80. The molecule has 2 rings (SSSR count). The Morgan fingerprint density at radius 3 is 2.76 bits per heavy atom. The zero-order valence-corrected chi connectivity index (χ0v) is 9.60. The van der Waals surface area contributed by atoms with Crippen LogP contribution in [0.5, 0.6) is 0 Å². The first-order valence-electron chi connectivity index (χ1n) is 5.44. The van der Waals surface area contributed by atoms with E-state index in [1.54, 1.807) is 31.6 Å². The molecule has 0 aliphatic rings. The highest BCUT2D eigenvalue weighted by Gasteiger charge is 2.14. The van der Waals surface area contributed by atoms with Gasteiger partial charge in [-0.3, -0.25) is 9.97 Å². The van der Waals surface area contributed by atoms with E-state index in [4.69, 9.17) is 5.73 Å². The van der Waals surface area contributed by atoms with Crippen molar-refractivity contribution in [2.24, 2.45) is 5.73 Å². The summed E-state index contributed by atoms with van der Waals surface area (Å²) in [6, 6.07) is 5.01. The molecule has 1 aromatic heterocycles. The first-order chi connectivity index (χ1) is 8.22. The first kappa shape index (κ1) is 11.7. The number of benzene rings is 1. The van der Waals surface area contributed by atoms with E-state index in [0.717, 1.165) is 11.3 Å². The summed E-state index contributed by atoms with van der Waals surface area (Å²) in [5.41, 5.74) is 8.15. The maximum absolute atomic E-state index is 13.2. The summed E-state index contributed by atoms with van der Waals surface area (Å²) < 4.78 is 13.2. The van der Waals surface area contributed by atoms with Gasteiger partial charge in [-0.15, -0.1) is 0 Å².